The molecule has 138 valence electrons. The number of urea groups is 1. The van der Waals surface area contributed by atoms with E-state index in [1.165, 1.54) is 6.20 Å². The Morgan fingerprint density at radius 2 is 1.69 bits per heavy atom. The lowest BCUT2D eigenvalue weighted by Crippen LogP contribution is -2.21. The summed E-state index contributed by atoms with van der Waals surface area (Å²) in [6.07, 6.45) is 1.38. The van der Waals surface area contributed by atoms with E-state index in [0.717, 1.165) is 0 Å². The maximum Gasteiger partial charge on any atom is 0.316 e. The Balaban J connectivity index is 2.22. The maximum atomic E-state index is 11.6. The average molecular weight is 357 g/mol. The van der Waals surface area contributed by atoms with Crippen LogP contribution in [0.1, 0.15) is 31.1 Å². The second kappa shape index (κ2) is 7.68. The van der Waals surface area contributed by atoms with E-state index < -0.39 is 11.9 Å². The van der Waals surface area contributed by atoms with Crippen molar-refractivity contribution in [3.63, 3.8) is 0 Å². The molecule has 0 aliphatic heterocycles. The van der Waals surface area contributed by atoms with E-state index in [1.54, 1.807) is 24.3 Å². The van der Waals surface area contributed by atoms with Gasteiger partial charge < -0.3 is 27.4 Å². The summed E-state index contributed by atoms with van der Waals surface area (Å²) in [6, 6.07) is 6.10. The molecule has 26 heavy (non-hydrogen) atoms. The molecule has 0 saturated heterocycles. The summed E-state index contributed by atoms with van der Waals surface area (Å²) in [5.41, 5.74) is 11.9. The molecule has 2 rings (SSSR count). The van der Waals surface area contributed by atoms with Crippen molar-refractivity contribution in [1.82, 2.24) is 9.97 Å². The fourth-order valence-corrected chi connectivity index (χ4v) is 2.00. The first-order chi connectivity index (χ1) is 12.1. The van der Waals surface area contributed by atoms with Gasteiger partial charge in [-0.05, 0) is 29.7 Å². The minimum atomic E-state index is -0.646. The smallest absolute Gasteiger partial charge is 0.316 e. The molecule has 1 heterocycles. The number of nitrogens with one attached hydrogen (secondary N) is 3. The van der Waals surface area contributed by atoms with Crippen molar-refractivity contribution in [1.29, 1.82) is 0 Å². The summed E-state index contributed by atoms with van der Waals surface area (Å²) in [4.78, 5) is 31.0. The number of anilines is 4. The SMILES string of the molecule is CC(C)(C)CNc1ncc(C(N)=O)c(Nc2ccc(NC(N)=O)cc2)n1. The highest BCUT2D eigenvalue weighted by molar-refractivity contribution is 5.98. The number of hydrogen-bond donors (Lipinski definition) is 5. The molecule has 0 aliphatic carbocycles. The van der Waals surface area contributed by atoms with Crippen LogP contribution in [0.4, 0.5) is 27.9 Å². The molecule has 2 aromatic rings. The third-order valence-electron chi connectivity index (χ3n) is 3.25. The summed E-state index contributed by atoms with van der Waals surface area (Å²) in [5, 5.41) is 8.63. The van der Waals surface area contributed by atoms with E-state index in [2.05, 4.69) is 46.7 Å². The van der Waals surface area contributed by atoms with Crippen LogP contribution in [0.25, 0.3) is 0 Å². The number of amides is 3. The van der Waals surface area contributed by atoms with Gasteiger partial charge >= 0.3 is 6.03 Å². The monoisotopic (exact) mass is 357 g/mol. The Labute approximate surface area is 151 Å². The van der Waals surface area contributed by atoms with Gasteiger partial charge in [0.2, 0.25) is 5.95 Å². The highest BCUT2D eigenvalue weighted by atomic mass is 16.2. The molecule has 7 N–H and O–H groups in total. The highest BCUT2D eigenvalue weighted by Gasteiger charge is 2.15. The van der Waals surface area contributed by atoms with E-state index >= 15 is 0 Å². The van der Waals surface area contributed by atoms with Crippen LogP contribution in [0.2, 0.25) is 0 Å². The second-order valence-corrected chi connectivity index (χ2v) is 6.93. The summed E-state index contributed by atoms with van der Waals surface area (Å²) in [7, 11) is 0. The molecular weight excluding hydrogens is 334 g/mol. The lowest BCUT2D eigenvalue weighted by Gasteiger charge is -2.19. The molecule has 1 aromatic carbocycles. The zero-order chi connectivity index (χ0) is 19.3. The molecule has 0 bridgehead atoms. The minimum Gasteiger partial charge on any atom is -0.365 e. The van der Waals surface area contributed by atoms with Crippen LogP contribution in [-0.4, -0.2) is 28.5 Å². The molecule has 9 nitrogen and oxygen atoms in total. The van der Waals surface area contributed by atoms with Gasteiger partial charge in [-0.1, -0.05) is 20.8 Å². The third-order valence-corrected chi connectivity index (χ3v) is 3.25. The van der Waals surface area contributed by atoms with Gasteiger partial charge in [0, 0.05) is 24.1 Å². The number of hydrogen-bond acceptors (Lipinski definition) is 6. The van der Waals surface area contributed by atoms with E-state index in [9.17, 15) is 9.59 Å². The van der Waals surface area contributed by atoms with E-state index in [0.29, 0.717) is 29.7 Å². The Morgan fingerprint density at radius 1 is 1.08 bits per heavy atom. The molecule has 0 saturated carbocycles. The van der Waals surface area contributed by atoms with Crippen LogP contribution in [0.15, 0.2) is 30.5 Å². The molecule has 3 amide bonds. The van der Waals surface area contributed by atoms with Crippen molar-refractivity contribution in [3.8, 4) is 0 Å². The van der Waals surface area contributed by atoms with Crippen molar-refractivity contribution >= 4 is 35.1 Å². The molecule has 0 aliphatic rings. The fourth-order valence-electron chi connectivity index (χ4n) is 2.00. The fraction of sp³-hybridized carbons (Fsp3) is 0.294. The molecule has 0 fully saturated rings. The topological polar surface area (TPSA) is 148 Å². The number of benzene rings is 1. The van der Waals surface area contributed by atoms with Crippen LogP contribution < -0.4 is 27.4 Å². The van der Waals surface area contributed by atoms with Crippen molar-refractivity contribution in [2.45, 2.75) is 20.8 Å². The zero-order valence-corrected chi connectivity index (χ0v) is 15.0. The van der Waals surface area contributed by atoms with Gasteiger partial charge in [0.15, 0.2) is 0 Å². The lowest BCUT2D eigenvalue weighted by atomic mass is 9.97. The summed E-state index contributed by atoms with van der Waals surface area (Å²) >= 11 is 0. The standard InChI is InChI=1S/C17H23N7O2/c1-17(2,3)9-21-16-20-8-12(13(18)25)14(24-16)22-10-4-6-11(7-5-10)23-15(19)26/h4-8H,9H2,1-3H3,(H2,18,25)(H3,19,23,26)(H2,20,21,22,24). The third kappa shape index (κ3) is 5.62. The Bertz CT molecular complexity index is 798. The first-order valence-electron chi connectivity index (χ1n) is 7.98. The first kappa shape index (κ1) is 19.0. The number of aromatic nitrogens is 2. The number of rotatable bonds is 6. The first-order valence-corrected chi connectivity index (χ1v) is 7.98. The van der Waals surface area contributed by atoms with Crippen LogP contribution in [-0.2, 0) is 0 Å². The molecular formula is C17H23N7O2. The number of primary amides is 2. The Hall–Kier alpha value is -3.36. The summed E-state index contributed by atoms with van der Waals surface area (Å²) in [6.45, 7) is 6.91. The van der Waals surface area contributed by atoms with Crippen molar-refractivity contribution in [3.05, 3.63) is 36.0 Å². The van der Waals surface area contributed by atoms with Gasteiger partial charge in [-0.25, -0.2) is 9.78 Å². The highest BCUT2D eigenvalue weighted by Crippen LogP contribution is 2.22. The van der Waals surface area contributed by atoms with Crippen LogP contribution >= 0.6 is 0 Å². The summed E-state index contributed by atoms with van der Waals surface area (Å²) in [5.74, 6) is 0.0425. The minimum absolute atomic E-state index is 0.0442. The van der Waals surface area contributed by atoms with E-state index in [4.69, 9.17) is 11.5 Å². The molecule has 0 spiro atoms. The van der Waals surface area contributed by atoms with Crippen LogP contribution in [0.5, 0.6) is 0 Å². The van der Waals surface area contributed by atoms with Crippen LogP contribution in [0.3, 0.4) is 0 Å². The van der Waals surface area contributed by atoms with Gasteiger partial charge in [0.05, 0.1) is 0 Å². The van der Waals surface area contributed by atoms with Gasteiger partial charge in [-0.15, -0.1) is 0 Å². The lowest BCUT2D eigenvalue weighted by molar-refractivity contribution is 0.100. The predicted molar refractivity (Wildman–Crippen MR) is 101 cm³/mol. The van der Waals surface area contributed by atoms with Crippen molar-refractivity contribution in [2.75, 3.05) is 22.5 Å². The van der Waals surface area contributed by atoms with E-state index in [-0.39, 0.29) is 11.0 Å². The number of nitrogens with two attached hydrogens (primary N) is 2. The van der Waals surface area contributed by atoms with Crippen molar-refractivity contribution < 1.29 is 9.59 Å². The quantitative estimate of drug-likeness (QED) is 0.535. The molecule has 0 radical (unpaired) electrons. The largest absolute Gasteiger partial charge is 0.365 e. The normalized spacial score (nSPS) is 10.9. The Kier molecular flexibility index (Phi) is 5.61. The van der Waals surface area contributed by atoms with Crippen LogP contribution in [0, 0.1) is 5.41 Å². The van der Waals surface area contributed by atoms with Gasteiger partial charge in [0.25, 0.3) is 5.91 Å². The maximum absolute atomic E-state index is 11.6. The second-order valence-electron chi connectivity index (χ2n) is 6.93. The Morgan fingerprint density at radius 3 is 2.23 bits per heavy atom. The van der Waals surface area contributed by atoms with Crippen molar-refractivity contribution in [2.24, 2.45) is 16.9 Å². The molecule has 0 unspecified atom stereocenters. The number of carbonyl (C=O) groups is 2. The molecule has 1 aromatic heterocycles. The molecule has 9 heteroatoms. The number of nitrogens with zero attached hydrogens (tertiary/aromatic N) is 2. The molecule has 0 atom stereocenters. The van der Waals surface area contributed by atoms with Gasteiger partial charge in [-0.3, -0.25) is 4.79 Å². The predicted octanol–water partition coefficient (Wildman–Crippen LogP) is 2.27. The van der Waals surface area contributed by atoms with Gasteiger partial charge in [-0.2, -0.15) is 4.98 Å². The van der Waals surface area contributed by atoms with Gasteiger partial charge in [0.1, 0.15) is 11.4 Å². The number of carbonyl (C=O) groups excluding carboxylic acids is 2. The average Bonchev–Trinajstić information content (AvgIpc) is 2.53. The summed E-state index contributed by atoms with van der Waals surface area (Å²) < 4.78 is 0. The zero-order valence-electron chi connectivity index (χ0n) is 15.0. The van der Waals surface area contributed by atoms with E-state index in [1.807, 2.05) is 0 Å².